The van der Waals surface area contributed by atoms with Crippen LogP contribution in [0.15, 0.2) is 42.5 Å². The fraction of sp³-hybridized carbons (Fsp3) is 0.231. The van der Waals surface area contributed by atoms with E-state index in [0.717, 1.165) is 24.3 Å². The van der Waals surface area contributed by atoms with Crippen LogP contribution >= 0.6 is 11.6 Å². The van der Waals surface area contributed by atoms with Crippen molar-refractivity contribution in [3.05, 3.63) is 81.4 Å². The summed E-state index contributed by atoms with van der Waals surface area (Å²) in [7, 11) is 0. The minimum atomic E-state index is -5.24. The third-order valence-corrected chi connectivity index (χ3v) is 7.32. The maximum atomic E-state index is 14.2. The molecule has 3 amide bonds. The minimum absolute atomic E-state index is 0.0338. The second-order valence-corrected chi connectivity index (χ2v) is 9.75. The number of β-amino-alcohol motifs (C(OH)–C–C–N with tert-alkyl or cyclic N) is 1. The van der Waals surface area contributed by atoms with Crippen LogP contribution < -0.4 is 25.0 Å². The Morgan fingerprint density at radius 2 is 1.80 bits per heavy atom. The van der Waals surface area contributed by atoms with Gasteiger partial charge in [-0.2, -0.15) is 13.2 Å². The fourth-order valence-corrected chi connectivity index (χ4v) is 5.38. The number of alkyl halides is 3. The van der Waals surface area contributed by atoms with Gasteiger partial charge in [0.15, 0.2) is 11.5 Å². The Labute approximate surface area is 227 Å². The molecule has 3 aliphatic heterocycles. The number of nitrogens with one attached hydrogen (secondary N) is 2. The molecule has 3 aromatic carbocycles. The predicted octanol–water partition coefficient (Wildman–Crippen LogP) is 5.02. The maximum Gasteiger partial charge on any atom is 0.423 e. The van der Waals surface area contributed by atoms with E-state index in [0.29, 0.717) is 11.0 Å². The van der Waals surface area contributed by atoms with Gasteiger partial charge in [0.05, 0.1) is 29.5 Å². The van der Waals surface area contributed by atoms with Crippen LogP contribution in [0.4, 0.5) is 38.1 Å². The molecular weight excluding hydrogens is 565 g/mol. The molecular formula is C26H17ClF5N3O5. The molecule has 0 spiro atoms. The second-order valence-electron chi connectivity index (χ2n) is 9.35. The Bertz CT molecular complexity index is 1600. The van der Waals surface area contributed by atoms with Crippen LogP contribution in [0.25, 0.3) is 0 Å². The van der Waals surface area contributed by atoms with E-state index >= 15 is 0 Å². The van der Waals surface area contributed by atoms with E-state index in [4.69, 9.17) is 21.1 Å². The number of benzene rings is 3. The van der Waals surface area contributed by atoms with Crippen molar-refractivity contribution in [3.63, 3.8) is 0 Å². The highest BCUT2D eigenvalue weighted by Gasteiger charge is 2.61. The number of amides is 3. The number of rotatable bonds is 2. The highest BCUT2D eigenvalue weighted by atomic mass is 35.5. The number of carbonyl (C=O) groups excluding carboxylic acids is 2. The second kappa shape index (κ2) is 8.96. The Morgan fingerprint density at radius 3 is 2.55 bits per heavy atom. The Morgan fingerprint density at radius 1 is 1.10 bits per heavy atom. The van der Waals surface area contributed by atoms with Gasteiger partial charge in [0.25, 0.3) is 5.91 Å². The molecule has 0 aliphatic carbocycles. The highest BCUT2D eigenvalue weighted by Crippen LogP contribution is 2.50. The van der Waals surface area contributed by atoms with Gasteiger partial charge in [-0.25, -0.2) is 13.6 Å². The summed E-state index contributed by atoms with van der Waals surface area (Å²) < 4.78 is 81.0. The van der Waals surface area contributed by atoms with Crippen LogP contribution in [-0.4, -0.2) is 43.0 Å². The Balaban J connectivity index is 1.46. The molecule has 0 fully saturated rings. The largest absolute Gasteiger partial charge is 0.486 e. The highest BCUT2D eigenvalue weighted by molar-refractivity contribution is 6.31. The molecule has 0 saturated heterocycles. The minimum Gasteiger partial charge on any atom is -0.486 e. The Kier molecular flexibility index (Phi) is 5.86. The fourth-order valence-electron chi connectivity index (χ4n) is 5.15. The standard InChI is InChI=1S/C26H17ClF5N3O5/c27-15-3-1-11(28)7-13(15)21-19-16(9-18-22(40-6-5-39-18)20(19)23(36)34-21)33-24(37)35-10-25(38,26(30,31)32)14-8-12(29)2-4-17(14)35/h1-4,7-9,21,38H,5-6,10H2,(H,33,37)(H,34,36)/t21-,25-/m1/s1. The molecule has 0 unspecified atom stereocenters. The van der Waals surface area contributed by atoms with Crippen LogP contribution in [0.2, 0.25) is 5.02 Å². The summed E-state index contributed by atoms with van der Waals surface area (Å²) in [4.78, 5) is 27.2. The molecule has 208 valence electrons. The molecule has 3 N–H and O–H groups in total. The number of ether oxygens (including phenoxy) is 2. The number of hydrogen-bond donors (Lipinski definition) is 3. The van der Waals surface area contributed by atoms with Crippen LogP contribution in [0, 0.1) is 11.6 Å². The van der Waals surface area contributed by atoms with Gasteiger partial charge in [0.1, 0.15) is 24.8 Å². The number of nitrogens with zero attached hydrogens (tertiary/aromatic N) is 1. The van der Waals surface area contributed by atoms with E-state index in [1.165, 1.54) is 12.1 Å². The summed E-state index contributed by atoms with van der Waals surface area (Å²) in [6.45, 7) is -1.03. The smallest absolute Gasteiger partial charge is 0.423 e. The first-order chi connectivity index (χ1) is 18.9. The van der Waals surface area contributed by atoms with E-state index in [1.54, 1.807) is 0 Å². The van der Waals surface area contributed by atoms with Gasteiger partial charge in [-0.15, -0.1) is 0 Å². The lowest BCUT2D eigenvalue weighted by Crippen LogP contribution is -2.48. The summed E-state index contributed by atoms with van der Waals surface area (Å²) >= 11 is 6.30. The lowest BCUT2D eigenvalue weighted by molar-refractivity contribution is -0.258. The predicted molar refractivity (Wildman–Crippen MR) is 131 cm³/mol. The SMILES string of the molecule is O=C1N[C@H](c2cc(F)ccc2Cl)c2c(NC(=O)N3C[C@](O)(C(F)(F)F)c4cc(F)ccc43)cc3c(c21)OCCO3. The summed E-state index contributed by atoms with van der Waals surface area (Å²) in [6.07, 6.45) is -5.24. The normalized spacial score (nSPS) is 21.1. The monoisotopic (exact) mass is 581 g/mol. The van der Waals surface area contributed by atoms with Crippen LogP contribution in [-0.2, 0) is 5.60 Å². The maximum absolute atomic E-state index is 14.2. The van der Waals surface area contributed by atoms with Crippen LogP contribution in [0.1, 0.15) is 33.1 Å². The summed E-state index contributed by atoms with van der Waals surface area (Å²) in [5, 5.41) is 15.8. The molecule has 3 aliphatic rings. The summed E-state index contributed by atoms with van der Waals surface area (Å²) in [5.74, 6) is -2.19. The lowest BCUT2D eigenvalue weighted by Gasteiger charge is -2.27. The molecule has 6 rings (SSSR count). The average Bonchev–Trinajstić information content (AvgIpc) is 3.41. The number of hydrogen-bond acceptors (Lipinski definition) is 5. The topological polar surface area (TPSA) is 100 Å². The van der Waals surface area contributed by atoms with Crippen molar-refractivity contribution >= 4 is 34.9 Å². The van der Waals surface area contributed by atoms with Crippen molar-refractivity contribution in [1.29, 1.82) is 0 Å². The van der Waals surface area contributed by atoms with Crippen molar-refractivity contribution in [1.82, 2.24) is 5.32 Å². The van der Waals surface area contributed by atoms with Crippen molar-refractivity contribution in [2.75, 3.05) is 30.0 Å². The number of urea groups is 1. The average molecular weight is 582 g/mol. The molecule has 0 bridgehead atoms. The number of carbonyl (C=O) groups is 2. The summed E-state index contributed by atoms with van der Waals surface area (Å²) in [6, 6.07) is 4.93. The van der Waals surface area contributed by atoms with E-state index in [9.17, 15) is 36.6 Å². The molecule has 8 nitrogen and oxygen atoms in total. The molecule has 0 radical (unpaired) electrons. The zero-order chi connectivity index (χ0) is 28.6. The number of halogens is 6. The Hall–Kier alpha value is -4.10. The third-order valence-electron chi connectivity index (χ3n) is 6.97. The van der Waals surface area contributed by atoms with Gasteiger partial charge in [-0.1, -0.05) is 11.6 Å². The van der Waals surface area contributed by atoms with Gasteiger partial charge in [-0.3, -0.25) is 9.69 Å². The summed E-state index contributed by atoms with van der Waals surface area (Å²) in [5.41, 5.74) is -4.58. The van der Waals surface area contributed by atoms with Crippen molar-refractivity contribution in [2.24, 2.45) is 0 Å². The first-order valence-electron chi connectivity index (χ1n) is 11.8. The van der Waals surface area contributed by atoms with Gasteiger partial charge in [-0.05, 0) is 36.4 Å². The zero-order valence-corrected chi connectivity index (χ0v) is 20.8. The van der Waals surface area contributed by atoms with Crippen molar-refractivity contribution < 1.29 is 46.1 Å². The van der Waals surface area contributed by atoms with Crippen LogP contribution in [0.3, 0.4) is 0 Å². The lowest BCUT2D eigenvalue weighted by atomic mass is 9.95. The van der Waals surface area contributed by atoms with Gasteiger partial charge in [0, 0.05) is 27.8 Å². The van der Waals surface area contributed by atoms with E-state index in [-0.39, 0.29) is 57.8 Å². The molecule has 3 heterocycles. The quantitative estimate of drug-likeness (QED) is 0.369. The first kappa shape index (κ1) is 26.1. The number of aliphatic hydroxyl groups is 1. The van der Waals surface area contributed by atoms with E-state index in [2.05, 4.69) is 10.6 Å². The third kappa shape index (κ3) is 3.91. The van der Waals surface area contributed by atoms with Crippen molar-refractivity contribution in [3.8, 4) is 11.5 Å². The van der Waals surface area contributed by atoms with Crippen molar-refractivity contribution in [2.45, 2.75) is 17.8 Å². The number of anilines is 2. The molecule has 0 aromatic heterocycles. The van der Waals surface area contributed by atoms with Gasteiger partial charge < -0.3 is 25.2 Å². The van der Waals surface area contributed by atoms with E-state index < -0.39 is 53.5 Å². The van der Waals surface area contributed by atoms with Gasteiger partial charge >= 0.3 is 12.2 Å². The first-order valence-corrected chi connectivity index (χ1v) is 12.2. The molecule has 3 aromatic rings. The number of fused-ring (bicyclic) bond motifs is 4. The van der Waals surface area contributed by atoms with Crippen LogP contribution in [0.5, 0.6) is 11.5 Å². The molecule has 0 saturated carbocycles. The molecule has 40 heavy (non-hydrogen) atoms. The van der Waals surface area contributed by atoms with Gasteiger partial charge in [0.2, 0.25) is 5.60 Å². The zero-order valence-electron chi connectivity index (χ0n) is 20.0. The molecule has 2 atom stereocenters. The molecule has 14 heteroatoms. The van der Waals surface area contributed by atoms with E-state index in [1.807, 2.05) is 0 Å².